The van der Waals surface area contributed by atoms with E-state index in [9.17, 15) is 18.0 Å². The molecule has 0 radical (unpaired) electrons. The van der Waals surface area contributed by atoms with Crippen molar-refractivity contribution in [1.29, 1.82) is 0 Å². The van der Waals surface area contributed by atoms with E-state index in [0.717, 1.165) is 23.0 Å². The monoisotopic (exact) mass is 641 g/mol. The van der Waals surface area contributed by atoms with Gasteiger partial charge in [0.05, 0.1) is 29.0 Å². The molecule has 1 aliphatic rings. The molecule has 2 N–H and O–H groups in total. The summed E-state index contributed by atoms with van der Waals surface area (Å²) in [6, 6.07) is 28.5. The number of amides is 1. The fraction of sp³-hybridized carbons (Fsp3) is 0.171. The predicted octanol–water partition coefficient (Wildman–Crippen LogP) is 7.70. The van der Waals surface area contributed by atoms with E-state index >= 15 is 0 Å². The number of anilines is 2. The number of nitrogens with zero attached hydrogens (tertiary/aromatic N) is 3. The minimum Gasteiger partial charge on any atom is -0.484 e. The maximum Gasteiger partial charge on any atom is 0.418 e. The van der Waals surface area contributed by atoms with Crippen molar-refractivity contribution in [2.24, 2.45) is 0 Å². The Kier molecular flexibility index (Phi) is 8.50. The third-order valence-electron chi connectivity index (χ3n) is 7.88. The Bertz CT molecular complexity index is 1860. The number of rotatable bonds is 8. The van der Waals surface area contributed by atoms with Crippen LogP contribution in [0.3, 0.4) is 0 Å². The molecule has 6 rings (SSSR count). The third-order valence-corrected chi connectivity index (χ3v) is 8.19. The van der Waals surface area contributed by atoms with Crippen molar-refractivity contribution in [3.05, 3.63) is 138 Å². The van der Waals surface area contributed by atoms with E-state index in [1.807, 2.05) is 66.4 Å². The van der Waals surface area contributed by atoms with Crippen molar-refractivity contribution < 1.29 is 22.7 Å². The lowest BCUT2D eigenvalue weighted by molar-refractivity contribution is -0.137. The molecule has 3 aromatic carbocycles. The van der Waals surface area contributed by atoms with Crippen LogP contribution in [0.4, 0.5) is 24.5 Å². The number of carbonyl (C=O) groups excluding carboxylic acids is 1. The van der Waals surface area contributed by atoms with Crippen LogP contribution in [0, 0.1) is 13.8 Å². The molecule has 1 saturated heterocycles. The lowest BCUT2D eigenvalue weighted by atomic mass is 9.96. The molecule has 1 aliphatic heterocycles. The lowest BCUT2D eigenvalue weighted by Gasteiger charge is -2.28. The van der Waals surface area contributed by atoms with Crippen LogP contribution in [0.1, 0.15) is 40.3 Å². The number of aryl methyl sites for hydroxylation is 1. The minimum absolute atomic E-state index is 0.0575. The molecule has 7 nitrogen and oxygen atoms in total. The van der Waals surface area contributed by atoms with Crippen molar-refractivity contribution in [1.82, 2.24) is 14.9 Å². The highest BCUT2D eigenvalue weighted by Crippen LogP contribution is 2.44. The number of ether oxygens (including phenoxy) is 1. The number of halogens is 3. The van der Waals surface area contributed by atoms with Gasteiger partial charge in [-0.2, -0.15) is 13.2 Å². The Morgan fingerprint density at radius 1 is 0.957 bits per heavy atom. The van der Waals surface area contributed by atoms with Crippen LogP contribution in [0.25, 0.3) is 5.69 Å². The van der Waals surface area contributed by atoms with Gasteiger partial charge in [0.25, 0.3) is 5.91 Å². The largest absolute Gasteiger partial charge is 0.484 e. The van der Waals surface area contributed by atoms with Crippen molar-refractivity contribution >= 4 is 34.6 Å². The summed E-state index contributed by atoms with van der Waals surface area (Å²) in [5.74, 6) is 0.285. The SMILES string of the molecule is Cc1cc([C@@H]2[C@@H](c3ccccn3)NC(=S)N2c2ccc(NC(=O)COc3ccccc3)cc2)c(C)n1-c1ccccc1C(F)(F)F. The summed E-state index contributed by atoms with van der Waals surface area (Å²) in [5.41, 5.74) is 3.49. The number of hydrogen-bond donors (Lipinski definition) is 2. The number of alkyl halides is 3. The summed E-state index contributed by atoms with van der Waals surface area (Å²) >= 11 is 5.85. The van der Waals surface area contributed by atoms with Crippen LogP contribution >= 0.6 is 12.2 Å². The van der Waals surface area contributed by atoms with Gasteiger partial charge in [0, 0.05) is 29.0 Å². The van der Waals surface area contributed by atoms with E-state index in [4.69, 9.17) is 17.0 Å². The van der Waals surface area contributed by atoms with Crippen LogP contribution in [0.2, 0.25) is 0 Å². The molecule has 2 atom stereocenters. The van der Waals surface area contributed by atoms with Gasteiger partial charge in [-0.25, -0.2) is 0 Å². The molecule has 1 amide bonds. The molecule has 0 unspecified atom stereocenters. The van der Waals surface area contributed by atoms with Gasteiger partial charge in [0.1, 0.15) is 5.75 Å². The highest BCUT2D eigenvalue weighted by atomic mass is 32.1. The second-order valence-corrected chi connectivity index (χ2v) is 11.3. The maximum absolute atomic E-state index is 14.1. The van der Waals surface area contributed by atoms with Crippen molar-refractivity contribution in [3.8, 4) is 11.4 Å². The highest BCUT2D eigenvalue weighted by Gasteiger charge is 2.43. The summed E-state index contributed by atoms with van der Waals surface area (Å²) in [6.07, 6.45) is -2.83. The fourth-order valence-corrected chi connectivity index (χ4v) is 6.23. The molecule has 11 heteroatoms. The summed E-state index contributed by atoms with van der Waals surface area (Å²) in [6.45, 7) is 3.47. The number of nitrogens with one attached hydrogen (secondary N) is 2. The number of para-hydroxylation sites is 2. The quantitative estimate of drug-likeness (QED) is 0.169. The Labute approximate surface area is 269 Å². The topological polar surface area (TPSA) is 71.4 Å². The highest BCUT2D eigenvalue weighted by molar-refractivity contribution is 7.80. The van der Waals surface area contributed by atoms with E-state index in [-0.39, 0.29) is 18.2 Å². The molecule has 2 aromatic heterocycles. The van der Waals surface area contributed by atoms with Gasteiger partial charge in [-0.15, -0.1) is 0 Å². The number of carbonyl (C=O) groups is 1. The molecule has 1 fully saturated rings. The number of aromatic nitrogens is 2. The molecular weight excluding hydrogens is 611 g/mol. The average molecular weight is 642 g/mol. The zero-order valence-corrected chi connectivity index (χ0v) is 25.8. The zero-order valence-electron chi connectivity index (χ0n) is 25.0. The van der Waals surface area contributed by atoms with E-state index in [1.165, 1.54) is 12.1 Å². The van der Waals surface area contributed by atoms with Gasteiger partial charge in [-0.05, 0) is 98.4 Å². The molecule has 5 aromatic rings. The first-order valence-electron chi connectivity index (χ1n) is 14.6. The summed E-state index contributed by atoms with van der Waals surface area (Å²) in [4.78, 5) is 19.1. The first-order valence-corrected chi connectivity index (χ1v) is 15.0. The van der Waals surface area contributed by atoms with Gasteiger partial charge in [-0.1, -0.05) is 36.4 Å². The van der Waals surface area contributed by atoms with E-state index in [2.05, 4.69) is 15.6 Å². The molecule has 0 saturated carbocycles. The van der Waals surface area contributed by atoms with Crippen LogP contribution in [0.15, 0.2) is 109 Å². The Morgan fingerprint density at radius 2 is 1.65 bits per heavy atom. The number of thiocarbonyl (C=S) groups is 1. The third kappa shape index (κ3) is 6.18. The van der Waals surface area contributed by atoms with Crippen LogP contribution in [-0.4, -0.2) is 27.2 Å². The van der Waals surface area contributed by atoms with Crippen molar-refractivity contribution in [3.63, 3.8) is 0 Å². The standard InChI is InChI=1S/C35H30F3N5O2S/c1-22-20-27(23(2)42(22)30-14-7-6-12-28(30)35(36,37)38)33-32(29-13-8-9-19-39-29)41-34(46)43(33)25-17-15-24(16-18-25)40-31(44)21-45-26-10-4-3-5-11-26/h3-20,32-33H,21H2,1-2H3,(H,40,44)(H,41,46)/t32-,33-/m1/s1. The molecular formula is C35H30F3N5O2S. The molecule has 0 spiro atoms. The summed E-state index contributed by atoms with van der Waals surface area (Å²) in [7, 11) is 0. The van der Waals surface area contributed by atoms with E-state index < -0.39 is 23.8 Å². The van der Waals surface area contributed by atoms with E-state index in [0.29, 0.717) is 27.9 Å². The van der Waals surface area contributed by atoms with Gasteiger partial charge < -0.3 is 24.8 Å². The normalized spacial score (nSPS) is 16.3. The van der Waals surface area contributed by atoms with Crippen molar-refractivity contribution in [2.45, 2.75) is 32.1 Å². The Morgan fingerprint density at radius 3 is 2.35 bits per heavy atom. The molecule has 0 aliphatic carbocycles. The summed E-state index contributed by atoms with van der Waals surface area (Å²) in [5, 5.41) is 6.67. The number of hydrogen-bond acceptors (Lipinski definition) is 4. The molecule has 46 heavy (non-hydrogen) atoms. The Hall–Kier alpha value is -5.16. The maximum atomic E-state index is 14.1. The second kappa shape index (κ2) is 12.7. The predicted molar refractivity (Wildman–Crippen MR) is 175 cm³/mol. The van der Waals surface area contributed by atoms with Crippen LogP contribution in [0.5, 0.6) is 5.75 Å². The first kappa shape index (κ1) is 30.8. The lowest BCUT2D eigenvalue weighted by Crippen LogP contribution is -2.29. The van der Waals surface area contributed by atoms with Gasteiger partial charge >= 0.3 is 6.18 Å². The van der Waals surface area contributed by atoms with Gasteiger partial charge in [0.2, 0.25) is 0 Å². The van der Waals surface area contributed by atoms with Crippen LogP contribution in [-0.2, 0) is 11.0 Å². The fourth-order valence-electron chi connectivity index (χ4n) is 5.88. The number of benzene rings is 3. The zero-order chi connectivity index (χ0) is 32.4. The van der Waals surface area contributed by atoms with Gasteiger partial charge in [-0.3, -0.25) is 9.78 Å². The summed E-state index contributed by atoms with van der Waals surface area (Å²) < 4.78 is 49.4. The minimum atomic E-state index is -4.52. The molecule has 3 heterocycles. The molecule has 234 valence electrons. The first-order chi connectivity index (χ1) is 22.1. The Balaban J connectivity index is 1.34. The number of pyridine rings is 1. The average Bonchev–Trinajstić information content (AvgIpc) is 3.55. The van der Waals surface area contributed by atoms with Crippen LogP contribution < -0.4 is 20.3 Å². The second-order valence-electron chi connectivity index (χ2n) is 10.9. The molecule has 0 bridgehead atoms. The van der Waals surface area contributed by atoms with E-state index in [1.54, 1.807) is 48.0 Å². The van der Waals surface area contributed by atoms with Crippen molar-refractivity contribution in [2.75, 3.05) is 16.8 Å². The smallest absolute Gasteiger partial charge is 0.418 e. The van der Waals surface area contributed by atoms with Gasteiger partial charge in [0.15, 0.2) is 11.7 Å².